The number of likely N-dealkylation sites (tertiary alicyclic amines) is 1. The van der Waals surface area contributed by atoms with Crippen LogP contribution in [0.25, 0.3) is 0 Å². The maximum Gasteiger partial charge on any atom is 0.254 e. The average Bonchev–Trinajstić information content (AvgIpc) is 2.98. The molecule has 0 spiro atoms. The van der Waals surface area contributed by atoms with Gasteiger partial charge in [-0.1, -0.05) is 25.1 Å². The van der Waals surface area contributed by atoms with Crippen LogP contribution in [-0.2, 0) is 4.79 Å². The first kappa shape index (κ1) is 18.0. The molecule has 1 aromatic carbocycles. The molecule has 0 atom stereocenters. The van der Waals surface area contributed by atoms with Crippen molar-refractivity contribution in [1.82, 2.24) is 4.90 Å². The summed E-state index contributed by atoms with van der Waals surface area (Å²) in [6, 6.07) is 7.15. The minimum absolute atomic E-state index is 0.00352. The summed E-state index contributed by atoms with van der Waals surface area (Å²) in [4.78, 5) is 26.6. The Balaban J connectivity index is 2.26. The second-order valence-electron chi connectivity index (χ2n) is 6.25. The lowest BCUT2D eigenvalue weighted by Crippen LogP contribution is -2.46. The van der Waals surface area contributed by atoms with E-state index in [1.54, 1.807) is 31.2 Å². The molecular weight excluding hydrogens is 300 g/mol. The molecule has 0 aliphatic carbocycles. The third-order valence-corrected chi connectivity index (χ3v) is 4.60. The summed E-state index contributed by atoms with van der Waals surface area (Å²) >= 11 is 0. The van der Waals surface area contributed by atoms with E-state index >= 15 is 0 Å². The van der Waals surface area contributed by atoms with Gasteiger partial charge in [0.1, 0.15) is 0 Å². The number of carbonyl (C=O) groups is 2. The summed E-state index contributed by atoms with van der Waals surface area (Å²) < 4.78 is 0. The van der Waals surface area contributed by atoms with Crippen LogP contribution in [0.5, 0.6) is 0 Å². The largest absolute Gasteiger partial charge is 0.332 e. The first-order chi connectivity index (χ1) is 11.6. The highest BCUT2D eigenvalue weighted by Crippen LogP contribution is 2.37. The number of amides is 2. The fourth-order valence-electron chi connectivity index (χ4n) is 3.44. The molecule has 24 heavy (non-hydrogen) atoms. The second kappa shape index (κ2) is 7.95. The lowest BCUT2D eigenvalue weighted by atomic mass is 9.88. The molecule has 1 saturated heterocycles. The van der Waals surface area contributed by atoms with E-state index in [9.17, 15) is 9.59 Å². The molecule has 128 valence electrons. The summed E-state index contributed by atoms with van der Waals surface area (Å²) in [7, 11) is 0. The molecule has 1 fully saturated rings. The molecule has 1 N–H and O–H groups in total. The van der Waals surface area contributed by atoms with Gasteiger partial charge < -0.3 is 10.2 Å². The highest BCUT2D eigenvalue weighted by molar-refractivity contribution is 5.97. The van der Waals surface area contributed by atoms with Gasteiger partial charge in [0.25, 0.3) is 5.91 Å². The van der Waals surface area contributed by atoms with Crippen LogP contribution in [0.15, 0.2) is 49.6 Å². The molecule has 1 aliphatic heterocycles. The maximum atomic E-state index is 13.1. The number of anilines is 1. The van der Waals surface area contributed by atoms with E-state index < -0.39 is 0 Å². The van der Waals surface area contributed by atoms with Crippen LogP contribution in [0.3, 0.4) is 0 Å². The lowest BCUT2D eigenvalue weighted by Gasteiger charge is -2.37. The van der Waals surface area contributed by atoms with Gasteiger partial charge in [-0.3, -0.25) is 9.59 Å². The van der Waals surface area contributed by atoms with Gasteiger partial charge in [0.15, 0.2) is 0 Å². The van der Waals surface area contributed by atoms with Crippen LogP contribution >= 0.6 is 0 Å². The van der Waals surface area contributed by atoms with Crippen molar-refractivity contribution in [3.63, 3.8) is 0 Å². The van der Waals surface area contributed by atoms with Gasteiger partial charge in [-0.15, -0.1) is 13.2 Å². The predicted molar refractivity (Wildman–Crippen MR) is 98.0 cm³/mol. The van der Waals surface area contributed by atoms with Crippen LogP contribution in [0.4, 0.5) is 5.69 Å². The van der Waals surface area contributed by atoms with Gasteiger partial charge in [0, 0.05) is 24.2 Å². The zero-order valence-electron chi connectivity index (χ0n) is 14.4. The Morgan fingerprint density at radius 1 is 1.29 bits per heavy atom. The summed E-state index contributed by atoms with van der Waals surface area (Å²) in [6.45, 7) is 10.3. The number of hydrogen-bond acceptors (Lipinski definition) is 2. The number of rotatable bonds is 7. The Kier molecular flexibility index (Phi) is 5.96. The zero-order chi connectivity index (χ0) is 17.6. The topological polar surface area (TPSA) is 49.4 Å². The highest BCUT2D eigenvalue weighted by Gasteiger charge is 2.41. The molecule has 0 radical (unpaired) electrons. The summed E-state index contributed by atoms with van der Waals surface area (Å²) in [5, 5.41) is 2.81. The van der Waals surface area contributed by atoms with Crippen molar-refractivity contribution in [3.8, 4) is 0 Å². The van der Waals surface area contributed by atoms with Gasteiger partial charge in [0.05, 0.1) is 5.54 Å². The summed E-state index contributed by atoms with van der Waals surface area (Å²) in [6.07, 6.45) is 7.64. The van der Waals surface area contributed by atoms with E-state index in [0.717, 1.165) is 32.2 Å². The Bertz CT molecular complexity index is 626. The van der Waals surface area contributed by atoms with Crippen molar-refractivity contribution in [2.45, 2.75) is 44.6 Å². The fraction of sp³-hybridized carbons (Fsp3) is 0.400. The summed E-state index contributed by atoms with van der Waals surface area (Å²) in [5.74, 6) is -0.0581. The number of benzene rings is 1. The van der Waals surface area contributed by atoms with Gasteiger partial charge in [-0.2, -0.15) is 0 Å². The molecule has 1 aliphatic rings. The number of nitrogens with one attached hydrogen (secondary N) is 1. The van der Waals surface area contributed by atoms with Crippen LogP contribution in [0.2, 0.25) is 0 Å². The predicted octanol–water partition coefficient (Wildman–Crippen LogP) is 4.16. The standard InChI is InChI=1S/C20H26N2O2/c1-4-11-20(12-5-2)13-8-14-22(20)19(24)16-9-7-10-17(15-16)21-18(23)6-3/h4-5,7,9-10,15H,1-2,6,8,11-14H2,3H3,(H,21,23). The highest BCUT2D eigenvalue weighted by atomic mass is 16.2. The lowest BCUT2D eigenvalue weighted by molar-refractivity contribution is -0.115. The maximum absolute atomic E-state index is 13.1. The molecule has 4 heteroatoms. The van der Waals surface area contributed by atoms with Gasteiger partial charge in [-0.05, 0) is 43.9 Å². The van der Waals surface area contributed by atoms with Crippen molar-refractivity contribution in [1.29, 1.82) is 0 Å². The first-order valence-corrected chi connectivity index (χ1v) is 8.50. The van der Waals surface area contributed by atoms with Crippen molar-refractivity contribution < 1.29 is 9.59 Å². The minimum Gasteiger partial charge on any atom is -0.332 e. The molecule has 2 amide bonds. The van der Waals surface area contributed by atoms with E-state index in [4.69, 9.17) is 0 Å². The van der Waals surface area contributed by atoms with E-state index in [2.05, 4.69) is 18.5 Å². The molecule has 0 aromatic heterocycles. The fourth-order valence-corrected chi connectivity index (χ4v) is 3.44. The SMILES string of the molecule is C=CCC1(CC=C)CCCN1C(=O)c1cccc(NC(=O)CC)c1. The van der Waals surface area contributed by atoms with Crippen molar-refractivity contribution >= 4 is 17.5 Å². The van der Waals surface area contributed by atoms with Crippen molar-refractivity contribution in [2.75, 3.05) is 11.9 Å². The van der Waals surface area contributed by atoms with Gasteiger partial charge >= 0.3 is 0 Å². The number of carbonyl (C=O) groups excluding carboxylic acids is 2. The van der Waals surface area contributed by atoms with Gasteiger partial charge in [0.2, 0.25) is 5.91 Å². The zero-order valence-corrected chi connectivity index (χ0v) is 14.4. The van der Waals surface area contributed by atoms with Gasteiger partial charge in [-0.25, -0.2) is 0 Å². The molecular formula is C20H26N2O2. The summed E-state index contributed by atoms with van der Waals surface area (Å²) in [5.41, 5.74) is 1.04. The van der Waals surface area contributed by atoms with Crippen LogP contribution < -0.4 is 5.32 Å². The van der Waals surface area contributed by atoms with Crippen molar-refractivity contribution in [2.24, 2.45) is 0 Å². The molecule has 1 heterocycles. The third-order valence-electron chi connectivity index (χ3n) is 4.60. The average molecular weight is 326 g/mol. The molecule has 4 nitrogen and oxygen atoms in total. The van der Waals surface area contributed by atoms with E-state index in [1.807, 2.05) is 17.1 Å². The molecule has 1 aromatic rings. The molecule has 2 rings (SSSR count). The van der Waals surface area contributed by atoms with E-state index in [-0.39, 0.29) is 17.4 Å². The Morgan fingerprint density at radius 2 is 2.00 bits per heavy atom. The molecule has 0 bridgehead atoms. The smallest absolute Gasteiger partial charge is 0.254 e. The third kappa shape index (κ3) is 3.75. The Morgan fingerprint density at radius 3 is 2.62 bits per heavy atom. The monoisotopic (exact) mass is 326 g/mol. The minimum atomic E-state index is -0.219. The second-order valence-corrected chi connectivity index (χ2v) is 6.25. The number of nitrogens with zero attached hydrogens (tertiary/aromatic N) is 1. The van der Waals surface area contributed by atoms with Crippen LogP contribution in [-0.4, -0.2) is 28.8 Å². The Hall–Kier alpha value is -2.36. The normalized spacial score (nSPS) is 15.8. The molecule has 0 saturated carbocycles. The molecule has 0 unspecified atom stereocenters. The van der Waals surface area contributed by atoms with Crippen LogP contribution in [0.1, 0.15) is 49.4 Å². The Labute approximate surface area is 144 Å². The number of hydrogen-bond donors (Lipinski definition) is 1. The van der Waals surface area contributed by atoms with Crippen molar-refractivity contribution in [3.05, 3.63) is 55.1 Å². The van der Waals surface area contributed by atoms with Crippen LogP contribution in [0, 0.1) is 0 Å². The quantitative estimate of drug-likeness (QED) is 0.765. The van der Waals surface area contributed by atoms with E-state index in [1.165, 1.54) is 0 Å². The van der Waals surface area contributed by atoms with E-state index in [0.29, 0.717) is 17.7 Å². The first-order valence-electron chi connectivity index (χ1n) is 8.50.